The number of halogens is 1. The molecule has 0 fully saturated rings. The number of hydrogen-bond acceptors (Lipinski definition) is 4. The van der Waals surface area contributed by atoms with Crippen molar-refractivity contribution in [1.29, 1.82) is 0 Å². The Morgan fingerprint density at radius 3 is 2.68 bits per heavy atom. The van der Waals surface area contributed by atoms with Crippen molar-refractivity contribution in [2.45, 2.75) is 0 Å². The quantitative estimate of drug-likeness (QED) is 0.351. The van der Waals surface area contributed by atoms with Crippen LogP contribution in [0.5, 0.6) is 5.75 Å². The van der Waals surface area contributed by atoms with Crippen molar-refractivity contribution in [3.05, 3.63) is 58.6 Å². The minimum atomic E-state index is -0.888. The molecule has 0 unspecified atom stereocenters. The maximum absolute atomic E-state index is 11.8. The van der Waals surface area contributed by atoms with E-state index in [9.17, 15) is 9.59 Å². The first-order chi connectivity index (χ1) is 12.1. The normalized spacial score (nSPS) is 10.1. The van der Waals surface area contributed by atoms with Crippen LogP contribution >= 0.6 is 15.9 Å². The highest BCUT2D eigenvalue weighted by atomic mass is 79.9. The maximum atomic E-state index is 11.8. The molecular formula is C18H14BrN3O3. The number of para-hydroxylation sites is 1. The summed E-state index contributed by atoms with van der Waals surface area (Å²) >= 11 is 3.34. The molecule has 0 aliphatic heterocycles. The van der Waals surface area contributed by atoms with Crippen LogP contribution in [0.2, 0.25) is 0 Å². The predicted molar refractivity (Wildman–Crippen MR) is 99.3 cm³/mol. The highest BCUT2D eigenvalue weighted by Crippen LogP contribution is 2.21. The molecule has 0 radical (unpaired) electrons. The molecule has 2 aromatic rings. The lowest BCUT2D eigenvalue weighted by Crippen LogP contribution is -2.32. The molecule has 6 nitrogen and oxygen atoms in total. The zero-order valence-corrected chi connectivity index (χ0v) is 14.6. The predicted octanol–water partition coefficient (Wildman–Crippen LogP) is 2.55. The van der Waals surface area contributed by atoms with Crippen LogP contribution in [-0.4, -0.2) is 24.6 Å². The number of hydrazone groups is 1. The van der Waals surface area contributed by atoms with E-state index >= 15 is 0 Å². The van der Waals surface area contributed by atoms with E-state index in [0.717, 1.165) is 4.47 Å². The fourth-order valence-corrected chi connectivity index (χ4v) is 2.17. The molecule has 2 rings (SSSR count). The molecule has 0 aliphatic rings. The van der Waals surface area contributed by atoms with Crippen molar-refractivity contribution < 1.29 is 14.3 Å². The number of benzene rings is 2. The zero-order chi connectivity index (χ0) is 18.1. The minimum Gasteiger partial charge on any atom is -0.480 e. The van der Waals surface area contributed by atoms with E-state index in [-0.39, 0.29) is 6.61 Å². The van der Waals surface area contributed by atoms with Crippen molar-refractivity contribution in [1.82, 2.24) is 5.43 Å². The summed E-state index contributed by atoms with van der Waals surface area (Å²) < 4.78 is 6.19. The third kappa shape index (κ3) is 5.79. The molecule has 0 saturated heterocycles. The van der Waals surface area contributed by atoms with Crippen molar-refractivity contribution >= 4 is 39.6 Å². The average Bonchev–Trinajstić information content (AvgIpc) is 2.61. The van der Waals surface area contributed by atoms with Crippen LogP contribution in [0, 0.1) is 12.3 Å². The molecule has 0 saturated carbocycles. The van der Waals surface area contributed by atoms with Gasteiger partial charge < -0.3 is 10.1 Å². The van der Waals surface area contributed by atoms with Gasteiger partial charge in [-0.3, -0.25) is 9.59 Å². The number of carbonyl (C=O) groups is 2. The number of nitrogens with zero attached hydrogens (tertiary/aromatic N) is 1. The second-order valence-electron chi connectivity index (χ2n) is 4.69. The van der Waals surface area contributed by atoms with E-state index in [2.05, 4.69) is 37.7 Å². The minimum absolute atomic E-state index is 0.105. The molecule has 2 N–H and O–H groups in total. The summed E-state index contributed by atoms with van der Waals surface area (Å²) in [5.74, 6) is 1.17. The zero-order valence-electron chi connectivity index (χ0n) is 13.0. The van der Waals surface area contributed by atoms with E-state index in [4.69, 9.17) is 11.2 Å². The second kappa shape index (κ2) is 9.25. The summed E-state index contributed by atoms with van der Waals surface area (Å²) in [5.41, 5.74) is 3.27. The lowest BCUT2D eigenvalue weighted by atomic mass is 10.2. The Hall–Kier alpha value is -3.11. The number of hydrogen-bond donors (Lipinski definition) is 2. The van der Waals surface area contributed by atoms with Gasteiger partial charge >= 0.3 is 11.8 Å². The fraction of sp³-hybridized carbons (Fsp3) is 0.0556. The number of ether oxygens (including phenoxy) is 1. The molecule has 126 valence electrons. The summed E-state index contributed by atoms with van der Waals surface area (Å²) in [7, 11) is 0. The highest BCUT2D eigenvalue weighted by molar-refractivity contribution is 9.10. The Kier molecular flexibility index (Phi) is 6.75. The largest absolute Gasteiger partial charge is 0.480 e. The fourth-order valence-electron chi connectivity index (χ4n) is 1.79. The number of rotatable bonds is 5. The molecule has 0 spiro atoms. The smallest absolute Gasteiger partial charge is 0.329 e. The standard InChI is InChI=1S/C18H14BrN3O3/c1-2-10-25-16-9-8-14(19)11-13(16)12-20-22-18(24)17(23)21-15-6-4-3-5-7-15/h1,3-9,11-12H,10H2,(H,21,23)(H,22,24)/b20-12+. The summed E-state index contributed by atoms with van der Waals surface area (Å²) in [6.45, 7) is 0.105. The van der Waals surface area contributed by atoms with Crippen LogP contribution < -0.4 is 15.5 Å². The first kappa shape index (κ1) is 18.2. The molecule has 25 heavy (non-hydrogen) atoms. The van der Waals surface area contributed by atoms with Gasteiger partial charge in [-0.2, -0.15) is 5.10 Å². The molecule has 2 amide bonds. The SMILES string of the molecule is C#CCOc1ccc(Br)cc1/C=N/NC(=O)C(=O)Nc1ccccc1. The molecule has 0 aromatic heterocycles. The summed E-state index contributed by atoms with van der Waals surface area (Å²) in [6, 6.07) is 13.9. The van der Waals surface area contributed by atoms with Crippen LogP contribution in [0.1, 0.15) is 5.56 Å². The molecule has 7 heteroatoms. The lowest BCUT2D eigenvalue weighted by molar-refractivity contribution is -0.136. The summed E-state index contributed by atoms with van der Waals surface area (Å²) in [5, 5.41) is 6.24. The Labute approximate surface area is 153 Å². The van der Waals surface area contributed by atoms with E-state index in [1.54, 1.807) is 48.5 Å². The average molecular weight is 400 g/mol. The molecule has 2 aromatic carbocycles. The van der Waals surface area contributed by atoms with Crippen LogP contribution in [0.15, 0.2) is 58.1 Å². The third-order valence-electron chi connectivity index (χ3n) is 2.89. The van der Waals surface area contributed by atoms with Gasteiger partial charge in [0.25, 0.3) is 0 Å². The topological polar surface area (TPSA) is 79.8 Å². The number of terminal acetylenes is 1. The van der Waals surface area contributed by atoms with Crippen LogP contribution in [0.25, 0.3) is 0 Å². The molecule has 0 bridgehead atoms. The monoisotopic (exact) mass is 399 g/mol. The van der Waals surface area contributed by atoms with Gasteiger partial charge in [0.05, 0.1) is 6.21 Å². The molecule has 0 aliphatic carbocycles. The van der Waals surface area contributed by atoms with Gasteiger partial charge in [0.15, 0.2) is 0 Å². The Morgan fingerprint density at radius 2 is 1.96 bits per heavy atom. The first-order valence-corrected chi connectivity index (χ1v) is 7.94. The summed E-state index contributed by atoms with van der Waals surface area (Å²) in [6.07, 6.45) is 6.54. The van der Waals surface area contributed by atoms with Crippen LogP contribution in [-0.2, 0) is 9.59 Å². The number of nitrogens with one attached hydrogen (secondary N) is 2. The van der Waals surface area contributed by atoms with Gasteiger partial charge in [0.2, 0.25) is 0 Å². The Morgan fingerprint density at radius 1 is 1.20 bits per heavy atom. The second-order valence-corrected chi connectivity index (χ2v) is 5.61. The Balaban J connectivity index is 1.98. The van der Waals surface area contributed by atoms with Crippen LogP contribution in [0.3, 0.4) is 0 Å². The molecular weight excluding hydrogens is 386 g/mol. The maximum Gasteiger partial charge on any atom is 0.329 e. The van der Waals surface area contributed by atoms with E-state index in [0.29, 0.717) is 17.0 Å². The van der Waals surface area contributed by atoms with Gasteiger partial charge in [-0.15, -0.1) is 6.42 Å². The molecule has 0 heterocycles. The number of amides is 2. The lowest BCUT2D eigenvalue weighted by Gasteiger charge is -2.07. The first-order valence-electron chi connectivity index (χ1n) is 7.15. The number of carbonyl (C=O) groups excluding carboxylic acids is 2. The van der Waals surface area contributed by atoms with Gasteiger partial charge in [0.1, 0.15) is 12.4 Å². The van der Waals surface area contributed by atoms with E-state index in [1.807, 2.05) is 0 Å². The van der Waals surface area contributed by atoms with E-state index in [1.165, 1.54) is 6.21 Å². The van der Waals surface area contributed by atoms with Crippen molar-refractivity contribution in [3.63, 3.8) is 0 Å². The molecule has 0 atom stereocenters. The van der Waals surface area contributed by atoms with Gasteiger partial charge in [-0.1, -0.05) is 40.0 Å². The summed E-state index contributed by atoms with van der Waals surface area (Å²) in [4.78, 5) is 23.5. The highest BCUT2D eigenvalue weighted by Gasteiger charge is 2.12. The van der Waals surface area contributed by atoms with Gasteiger partial charge in [-0.25, -0.2) is 5.43 Å². The van der Waals surface area contributed by atoms with E-state index < -0.39 is 11.8 Å². The van der Waals surface area contributed by atoms with Crippen molar-refractivity contribution in [2.24, 2.45) is 5.10 Å². The number of anilines is 1. The van der Waals surface area contributed by atoms with Crippen molar-refractivity contribution in [2.75, 3.05) is 11.9 Å². The van der Waals surface area contributed by atoms with Gasteiger partial charge in [0, 0.05) is 15.7 Å². The van der Waals surface area contributed by atoms with Crippen molar-refractivity contribution in [3.8, 4) is 18.1 Å². The van der Waals surface area contributed by atoms with Gasteiger partial charge in [-0.05, 0) is 30.3 Å². The van der Waals surface area contributed by atoms with Crippen LogP contribution in [0.4, 0.5) is 5.69 Å². The Bertz CT molecular complexity index is 829. The third-order valence-corrected chi connectivity index (χ3v) is 3.38.